The van der Waals surface area contributed by atoms with Crippen LogP contribution in [0.15, 0.2) is 24.4 Å². The number of hydrogen-bond donors (Lipinski definition) is 3. The summed E-state index contributed by atoms with van der Waals surface area (Å²) in [6, 6.07) is 5.07. The fraction of sp³-hybridized carbons (Fsp3) is 0.400. The Kier molecular flexibility index (Phi) is 6.17. The number of aryl methyl sites for hydroxylation is 1. The number of rotatable bonds is 3. The molecule has 9 heteroatoms. The Hall–Kier alpha value is -2.94. The Morgan fingerprint density at radius 1 is 1.28 bits per heavy atom. The molecule has 1 aliphatic heterocycles. The first kappa shape index (κ1) is 20.8. The van der Waals surface area contributed by atoms with Gasteiger partial charge in [0.1, 0.15) is 5.82 Å². The van der Waals surface area contributed by atoms with Gasteiger partial charge in [0.25, 0.3) is 5.91 Å². The average molecular weight is 416 g/mol. The lowest BCUT2D eigenvalue weighted by Crippen LogP contribution is -2.46. The molecule has 8 nitrogen and oxygen atoms in total. The monoisotopic (exact) mass is 415 g/mol. The second-order valence-electron chi connectivity index (χ2n) is 7.32. The van der Waals surface area contributed by atoms with Crippen molar-refractivity contribution in [3.63, 3.8) is 0 Å². The molecule has 154 valence electrons. The van der Waals surface area contributed by atoms with E-state index in [0.717, 1.165) is 23.3 Å². The number of nitrogens with one attached hydrogen (secondary N) is 2. The molecule has 0 bridgehead atoms. The van der Waals surface area contributed by atoms with Crippen LogP contribution in [0, 0.1) is 12.8 Å². The number of thiophene rings is 1. The third-order valence-corrected chi connectivity index (χ3v) is 6.24. The number of amides is 3. The van der Waals surface area contributed by atoms with E-state index in [1.54, 1.807) is 31.0 Å². The highest BCUT2D eigenvalue weighted by molar-refractivity contribution is 7.14. The number of likely N-dealkylation sites (tertiary alicyclic amines) is 1. The van der Waals surface area contributed by atoms with Gasteiger partial charge in [0, 0.05) is 18.5 Å². The molecule has 0 saturated carbocycles. The van der Waals surface area contributed by atoms with Gasteiger partial charge in [-0.2, -0.15) is 0 Å². The summed E-state index contributed by atoms with van der Waals surface area (Å²) < 4.78 is 0. The normalized spacial score (nSPS) is 18.9. The van der Waals surface area contributed by atoms with E-state index < -0.39 is 11.8 Å². The number of aromatic nitrogens is 1. The maximum Gasteiger partial charge on any atom is 0.313 e. The molecule has 0 unspecified atom stereocenters. The molecular formula is C20H25N5O3S. The first-order valence-electron chi connectivity index (χ1n) is 9.46. The van der Waals surface area contributed by atoms with Crippen molar-refractivity contribution in [1.82, 2.24) is 15.2 Å². The van der Waals surface area contributed by atoms with Crippen LogP contribution in [-0.4, -0.2) is 41.2 Å². The van der Waals surface area contributed by atoms with Gasteiger partial charge in [-0.3, -0.25) is 14.4 Å². The Morgan fingerprint density at radius 2 is 2.03 bits per heavy atom. The van der Waals surface area contributed by atoms with Gasteiger partial charge in [-0.05, 0) is 49.4 Å². The van der Waals surface area contributed by atoms with Crippen LogP contribution >= 0.6 is 11.3 Å². The predicted octanol–water partition coefficient (Wildman–Crippen LogP) is 2.33. The van der Waals surface area contributed by atoms with Gasteiger partial charge < -0.3 is 21.3 Å². The summed E-state index contributed by atoms with van der Waals surface area (Å²) in [5.74, 6) is -0.790. The lowest BCUT2D eigenvalue weighted by atomic mass is 9.93. The molecule has 0 aromatic carbocycles. The molecule has 3 heterocycles. The molecule has 0 radical (unpaired) electrons. The molecule has 1 fully saturated rings. The van der Waals surface area contributed by atoms with Crippen molar-refractivity contribution in [2.24, 2.45) is 5.92 Å². The third-order valence-electron chi connectivity index (χ3n) is 5.06. The number of carbonyl (C=O) groups is 3. The van der Waals surface area contributed by atoms with E-state index in [4.69, 9.17) is 5.73 Å². The topological polar surface area (TPSA) is 117 Å². The van der Waals surface area contributed by atoms with Crippen LogP contribution in [0.25, 0.3) is 0 Å². The first-order valence-corrected chi connectivity index (χ1v) is 10.3. The van der Waals surface area contributed by atoms with E-state index in [9.17, 15) is 14.4 Å². The van der Waals surface area contributed by atoms with Crippen LogP contribution in [0.3, 0.4) is 0 Å². The molecule has 2 aromatic rings. The Labute approximate surface area is 173 Å². The van der Waals surface area contributed by atoms with E-state index in [-0.39, 0.29) is 11.9 Å². The van der Waals surface area contributed by atoms with Crippen molar-refractivity contribution >= 4 is 40.6 Å². The molecule has 3 rings (SSSR count). The lowest BCUT2D eigenvalue weighted by molar-refractivity contribution is -0.146. The van der Waals surface area contributed by atoms with Crippen molar-refractivity contribution in [2.75, 3.05) is 24.6 Å². The van der Waals surface area contributed by atoms with Crippen LogP contribution in [0.5, 0.6) is 0 Å². The van der Waals surface area contributed by atoms with Crippen molar-refractivity contribution in [3.8, 4) is 0 Å². The minimum atomic E-state index is -0.710. The highest BCUT2D eigenvalue weighted by Crippen LogP contribution is 2.37. The number of nitrogens with two attached hydrogens (primary N) is 1. The molecular weight excluding hydrogens is 390 g/mol. The van der Waals surface area contributed by atoms with Gasteiger partial charge in [-0.15, -0.1) is 11.3 Å². The van der Waals surface area contributed by atoms with Crippen LogP contribution in [0.4, 0.5) is 11.5 Å². The molecule has 0 spiro atoms. The number of carbonyl (C=O) groups excluding carboxylic acids is 3. The summed E-state index contributed by atoms with van der Waals surface area (Å²) >= 11 is 1.35. The Balaban J connectivity index is 1.79. The van der Waals surface area contributed by atoms with Gasteiger partial charge in [-0.25, -0.2) is 4.98 Å². The van der Waals surface area contributed by atoms with Gasteiger partial charge in [0.15, 0.2) is 0 Å². The van der Waals surface area contributed by atoms with Crippen LogP contribution in [-0.2, 0) is 9.59 Å². The second kappa shape index (κ2) is 8.60. The van der Waals surface area contributed by atoms with E-state index in [1.807, 2.05) is 6.07 Å². The highest BCUT2D eigenvalue weighted by atomic mass is 32.1. The Morgan fingerprint density at radius 3 is 2.72 bits per heavy atom. The molecule has 2 atom stereocenters. The van der Waals surface area contributed by atoms with E-state index >= 15 is 0 Å². The largest absolute Gasteiger partial charge is 0.383 e. The molecule has 1 aliphatic rings. The zero-order valence-electron chi connectivity index (χ0n) is 16.7. The third kappa shape index (κ3) is 4.56. The summed E-state index contributed by atoms with van der Waals surface area (Å²) in [4.78, 5) is 44.6. The van der Waals surface area contributed by atoms with Gasteiger partial charge in [0.05, 0.1) is 22.8 Å². The fourth-order valence-electron chi connectivity index (χ4n) is 3.42. The number of nitrogen functional groups attached to an aromatic ring is 1. The minimum absolute atomic E-state index is 0.160. The summed E-state index contributed by atoms with van der Waals surface area (Å²) in [5.41, 5.74) is 6.85. The average Bonchev–Trinajstić information content (AvgIpc) is 3.19. The molecule has 3 amide bonds. The molecule has 4 N–H and O–H groups in total. The minimum Gasteiger partial charge on any atom is -0.383 e. The van der Waals surface area contributed by atoms with Crippen molar-refractivity contribution in [1.29, 1.82) is 0 Å². The predicted molar refractivity (Wildman–Crippen MR) is 113 cm³/mol. The lowest BCUT2D eigenvalue weighted by Gasteiger charge is -2.37. The summed E-state index contributed by atoms with van der Waals surface area (Å²) in [5, 5.41) is 5.22. The first-order chi connectivity index (χ1) is 13.8. The summed E-state index contributed by atoms with van der Waals surface area (Å²) in [6.45, 7) is 4.33. The van der Waals surface area contributed by atoms with E-state index in [1.165, 1.54) is 17.5 Å². The number of anilines is 2. The second-order valence-corrected chi connectivity index (χ2v) is 8.43. The zero-order chi connectivity index (χ0) is 21.1. The molecule has 2 aromatic heterocycles. The van der Waals surface area contributed by atoms with Crippen LogP contribution in [0.2, 0.25) is 0 Å². The van der Waals surface area contributed by atoms with E-state index in [0.29, 0.717) is 28.8 Å². The van der Waals surface area contributed by atoms with Gasteiger partial charge in [-0.1, -0.05) is 6.92 Å². The van der Waals surface area contributed by atoms with Crippen LogP contribution < -0.4 is 16.4 Å². The number of hydrogen-bond acceptors (Lipinski definition) is 6. The van der Waals surface area contributed by atoms with Crippen molar-refractivity contribution < 1.29 is 14.4 Å². The fourth-order valence-corrected chi connectivity index (χ4v) is 4.52. The zero-order valence-corrected chi connectivity index (χ0v) is 17.5. The van der Waals surface area contributed by atoms with Crippen molar-refractivity contribution in [2.45, 2.75) is 32.7 Å². The quantitative estimate of drug-likeness (QED) is 0.665. The maximum absolute atomic E-state index is 13.0. The maximum atomic E-state index is 13.0. The highest BCUT2D eigenvalue weighted by Gasteiger charge is 2.35. The summed E-state index contributed by atoms with van der Waals surface area (Å²) in [6.07, 6.45) is 3.12. The number of nitrogens with zero attached hydrogens (tertiary/aromatic N) is 2. The molecule has 29 heavy (non-hydrogen) atoms. The standard InChI is InChI=1S/C20H25N5O3S/c1-11-4-5-14(15-6-7-16(29-15)18(26)22-3)25(10-11)20(28)19(27)24-13-8-12(2)17(21)23-9-13/h6-9,11,14H,4-5,10H2,1-3H3,(H2,21,23)(H,22,26)(H,24,27)/t11-,14+/m0/s1. The summed E-state index contributed by atoms with van der Waals surface area (Å²) in [7, 11) is 1.58. The molecule has 1 saturated heterocycles. The van der Waals surface area contributed by atoms with Crippen molar-refractivity contribution in [3.05, 3.63) is 39.7 Å². The van der Waals surface area contributed by atoms with E-state index in [2.05, 4.69) is 22.5 Å². The smallest absolute Gasteiger partial charge is 0.313 e. The van der Waals surface area contributed by atoms with Gasteiger partial charge in [0.2, 0.25) is 0 Å². The Bertz CT molecular complexity index is 942. The number of pyridine rings is 1. The number of piperidine rings is 1. The molecule has 0 aliphatic carbocycles. The van der Waals surface area contributed by atoms with Gasteiger partial charge >= 0.3 is 11.8 Å². The van der Waals surface area contributed by atoms with Crippen LogP contribution in [0.1, 0.15) is 45.9 Å². The SMILES string of the molecule is CNC(=O)c1ccc([C@H]2CC[C@H](C)CN2C(=O)C(=O)Nc2cnc(N)c(C)c2)s1.